The Morgan fingerprint density at radius 1 is 1.57 bits per heavy atom. The molecule has 0 bridgehead atoms. The van der Waals surface area contributed by atoms with Gasteiger partial charge in [-0.1, -0.05) is 0 Å². The van der Waals surface area contributed by atoms with Crippen LogP contribution in [0.3, 0.4) is 0 Å². The summed E-state index contributed by atoms with van der Waals surface area (Å²) in [5.41, 5.74) is 4.67. The van der Waals surface area contributed by atoms with E-state index in [1.807, 2.05) is 0 Å². The Kier molecular flexibility index (Phi) is 9.28. The van der Waals surface area contributed by atoms with Crippen molar-refractivity contribution in [1.29, 1.82) is 0 Å². The van der Waals surface area contributed by atoms with E-state index in [0.29, 0.717) is 5.75 Å². The van der Waals surface area contributed by atoms with Crippen LogP contribution in [0.1, 0.15) is 7.65 Å². The molecule has 6 N–H and O–H groups in total. The van der Waals surface area contributed by atoms with E-state index in [0.717, 1.165) is 0 Å². The third kappa shape index (κ3) is 8.31. The molecule has 0 amide bonds. The number of aliphatic hydroxyl groups is 1. The van der Waals surface area contributed by atoms with Gasteiger partial charge in [0.05, 0.1) is 6.61 Å². The Morgan fingerprint density at radius 3 is 2.57 bits per heavy atom. The number of thioether (sulfide) groups is 1. The molecule has 2 atom stereocenters. The molecule has 1 saturated heterocycles. The number of nitrogen functional groups attached to an aromatic ring is 1. The topological polar surface area (TPSA) is 168 Å². The molecular formula is C8H15N3NaO7PS. The van der Waals surface area contributed by atoms with Crippen molar-refractivity contribution in [3.05, 3.63) is 22.7 Å². The number of rotatable bonds is 2. The van der Waals surface area contributed by atoms with E-state index in [4.69, 9.17) is 34.8 Å². The minimum Gasteiger partial charge on any atom is -1.00 e. The van der Waals surface area contributed by atoms with Crippen LogP contribution in [-0.4, -0.2) is 47.1 Å². The molecule has 0 aliphatic carbocycles. The average Bonchev–Trinajstić information content (AvgIpc) is 2.75. The van der Waals surface area contributed by atoms with E-state index >= 15 is 0 Å². The van der Waals surface area contributed by atoms with E-state index in [9.17, 15) is 4.79 Å². The van der Waals surface area contributed by atoms with Gasteiger partial charge in [0.15, 0.2) is 0 Å². The van der Waals surface area contributed by atoms with Crippen LogP contribution in [-0.2, 0) is 9.30 Å². The summed E-state index contributed by atoms with van der Waals surface area (Å²) >= 11 is 1.47. The summed E-state index contributed by atoms with van der Waals surface area (Å²) in [7, 11) is -4.64. The second kappa shape index (κ2) is 9.26. The van der Waals surface area contributed by atoms with Gasteiger partial charge in [-0.25, -0.2) is 9.36 Å². The number of anilines is 1. The number of ether oxygens (including phenoxy) is 1. The molecule has 1 aromatic rings. The summed E-state index contributed by atoms with van der Waals surface area (Å²) in [6, 6.07) is 1.54. The van der Waals surface area contributed by atoms with Gasteiger partial charge >= 0.3 is 43.1 Å². The third-order valence-electron chi connectivity index (χ3n) is 2.04. The fourth-order valence-corrected chi connectivity index (χ4v) is 2.26. The van der Waals surface area contributed by atoms with Gasteiger partial charge in [-0.3, -0.25) is 4.57 Å². The van der Waals surface area contributed by atoms with Crippen molar-refractivity contribution in [3.8, 4) is 0 Å². The number of nitrogens with zero attached hydrogens (tertiary/aromatic N) is 2. The van der Waals surface area contributed by atoms with Gasteiger partial charge in [0.25, 0.3) is 0 Å². The van der Waals surface area contributed by atoms with Crippen molar-refractivity contribution in [2.24, 2.45) is 0 Å². The first-order chi connectivity index (χ1) is 9.20. The molecular weight excluding hydrogens is 336 g/mol. The van der Waals surface area contributed by atoms with Crippen molar-refractivity contribution in [2.45, 2.75) is 11.7 Å². The minimum absolute atomic E-state index is 0. The molecule has 0 saturated carbocycles. The predicted molar refractivity (Wildman–Crippen MR) is 71.7 cm³/mol. The van der Waals surface area contributed by atoms with Crippen LogP contribution in [0.25, 0.3) is 0 Å². The van der Waals surface area contributed by atoms with E-state index in [1.54, 1.807) is 12.3 Å². The molecule has 1 aromatic heterocycles. The van der Waals surface area contributed by atoms with Gasteiger partial charge in [0.2, 0.25) is 0 Å². The summed E-state index contributed by atoms with van der Waals surface area (Å²) in [5, 5.41) is 8.88. The van der Waals surface area contributed by atoms with Crippen molar-refractivity contribution < 1.29 is 60.1 Å². The summed E-state index contributed by atoms with van der Waals surface area (Å²) < 4.78 is 15.7. The third-order valence-corrected chi connectivity index (χ3v) is 3.15. The molecule has 13 heteroatoms. The van der Waals surface area contributed by atoms with Crippen molar-refractivity contribution in [3.63, 3.8) is 0 Å². The first-order valence-corrected chi connectivity index (χ1v) is 7.83. The molecule has 10 nitrogen and oxygen atoms in total. The number of nitrogens with two attached hydrogens (primary N) is 1. The second-order valence-corrected chi connectivity index (χ2v) is 5.81. The van der Waals surface area contributed by atoms with Gasteiger partial charge in [-0.2, -0.15) is 4.98 Å². The van der Waals surface area contributed by atoms with Gasteiger partial charge in [0, 0.05) is 11.9 Å². The van der Waals surface area contributed by atoms with E-state index < -0.39 is 13.5 Å². The predicted octanol–water partition coefficient (Wildman–Crippen LogP) is -4.41. The van der Waals surface area contributed by atoms with Crippen molar-refractivity contribution in [1.82, 2.24) is 9.55 Å². The Morgan fingerprint density at radius 2 is 2.14 bits per heavy atom. The number of phosphoric acid groups is 1. The maximum atomic E-state index is 11.4. The van der Waals surface area contributed by atoms with Gasteiger partial charge in [0.1, 0.15) is 17.5 Å². The first kappa shape index (κ1) is 21.1. The molecule has 2 heterocycles. The zero-order valence-electron chi connectivity index (χ0n) is 12.1. The minimum atomic E-state index is -4.64. The van der Waals surface area contributed by atoms with Crippen LogP contribution in [0, 0.1) is 0 Å². The average molecular weight is 351 g/mol. The van der Waals surface area contributed by atoms with E-state index in [1.165, 1.54) is 16.3 Å². The van der Waals surface area contributed by atoms with Crippen LogP contribution < -0.4 is 41.0 Å². The molecule has 21 heavy (non-hydrogen) atoms. The summed E-state index contributed by atoms with van der Waals surface area (Å²) in [6.07, 6.45) is 1.18. The van der Waals surface area contributed by atoms with Crippen LogP contribution in [0.2, 0.25) is 0 Å². The van der Waals surface area contributed by atoms with Crippen molar-refractivity contribution in [2.75, 3.05) is 18.1 Å². The molecule has 1 aliphatic rings. The van der Waals surface area contributed by atoms with E-state index in [2.05, 4.69) is 4.98 Å². The molecule has 116 valence electrons. The maximum absolute atomic E-state index is 11.4. The smallest absolute Gasteiger partial charge is 1.00 e. The van der Waals surface area contributed by atoms with Crippen LogP contribution in [0.4, 0.5) is 5.82 Å². The Labute approximate surface area is 147 Å². The molecule has 0 spiro atoms. The molecule has 0 radical (unpaired) electrons. The largest absolute Gasteiger partial charge is 1.00 e. The Hall–Kier alpha value is 0.0600. The molecule has 2 rings (SSSR count). The standard InChI is InChI=1S/C8H11N3O3S.Na.H3O4P.H/c9-5-1-2-11(8(13)10-5)6-4-15-7(3-12)14-6;;1-5(2,3)4;/h1-2,6-7,12H,3-4H2,(H2,9,10,13);;(H3,1,2,3,4);/q;+1;;-1/t6-,7+;;;/m0.../s1. The molecule has 0 unspecified atom stereocenters. The van der Waals surface area contributed by atoms with Crippen LogP contribution in [0.15, 0.2) is 17.1 Å². The summed E-state index contributed by atoms with van der Waals surface area (Å²) in [4.78, 5) is 36.6. The normalized spacial score (nSPS) is 21.1. The SMILES string of the molecule is Nc1ccn([C@@H]2CS[C@H](CO)O2)c(=O)n1.O=P(O)(O)O.[H-].[Na+]. The van der Waals surface area contributed by atoms with Crippen LogP contribution in [0.5, 0.6) is 0 Å². The van der Waals surface area contributed by atoms with Gasteiger partial charge in [-0.15, -0.1) is 11.8 Å². The quantitative estimate of drug-likeness (QED) is 0.259. The Balaban J connectivity index is 0. The van der Waals surface area contributed by atoms with Gasteiger partial charge in [-0.05, 0) is 6.07 Å². The number of hydrogen-bond donors (Lipinski definition) is 5. The second-order valence-electron chi connectivity index (χ2n) is 3.59. The zero-order chi connectivity index (χ0) is 15.3. The molecule has 1 aliphatic heterocycles. The summed E-state index contributed by atoms with van der Waals surface area (Å²) in [6.45, 7) is -0.0572. The van der Waals surface area contributed by atoms with Crippen molar-refractivity contribution >= 4 is 25.4 Å². The maximum Gasteiger partial charge on any atom is 1.00 e. The number of aromatic nitrogens is 2. The Bertz CT molecular complexity index is 551. The monoisotopic (exact) mass is 351 g/mol. The van der Waals surface area contributed by atoms with Gasteiger partial charge < -0.3 is 31.7 Å². The molecule has 1 fully saturated rings. The first-order valence-electron chi connectivity index (χ1n) is 5.21. The van der Waals surface area contributed by atoms with Crippen LogP contribution >= 0.6 is 19.6 Å². The fourth-order valence-electron chi connectivity index (χ4n) is 1.33. The fraction of sp³-hybridized carbons (Fsp3) is 0.500. The summed E-state index contributed by atoms with van der Waals surface area (Å²) in [5.74, 6) is 0.817. The van der Waals surface area contributed by atoms with E-state index in [-0.39, 0.29) is 55.1 Å². The number of hydrogen-bond acceptors (Lipinski definition) is 7. The zero-order valence-corrected chi connectivity index (χ0v) is 14.8. The molecule has 0 aromatic carbocycles. The number of aliphatic hydroxyl groups excluding tert-OH is 1.